The van der Waals surface area contributed by atoms with Crippen LogP contribution < -0.4 is 5.56 Å². The molecule has 18 heavy (non-hydrogen) atoms. The normalized spacial score (nSPS) is 10.6. The predicted molar refractivity (Wildman–Crippen MR) is 64.7 cm³/mol. The van der Waals surface area contributed by atoms with Crippen molar-refractivity contribution in [3.05, 3.63) is 51.7 Å². The standard InChI is InChI=1S/C12H13N3O3/c1-8-5-10(14(2)13-8)7-15-4-3-9(12(17)18)6-11(15)16/h3-6H,7H2,1-2H3,(H,17,18). The van der Waals surface area contributed by atoms with E-state index in [9.17, 15) is 9.59 Å². The van der Waals surface area contributed by atoms with Crippen LogP contribution in [0.5, 0.6) is 0 Å². The number of carboxylic acid groups (broad SMARTS) is 1. The SMILES string of the molecule is Cc1cc(Cn2ccc(C(=O)O)cc2=O)n(C)n1. The van der Waals surface area contributed by atoms with Gasteiger partial charge >= 0.3 is 5.97 Å². The second kappa shape index (κ2) is 4.48. The Bertz CT molecular complexity index is 655. The summed E-state index contributed by atoms with van der Waals surface area (Å²) >= 11 is 0. The first-order valence-electron chi connectivity index (χ1n) is 5.40. The Kier molecular flexibility index (Phi) is 3.01. The molecule has 0 atom stereocenters. The lowest BCUT2D eigenvalue weighted by Gasteiger charge is -2.06. The summed E-state index contributed by atoms with van der Waals surface area (Å²) in [5, 5.41) is 13.0. The third kappa shape index (κ3) is 2.32. The van der Waals surface area contributed by atoms with Gasteiger partial charge in [-0.15, -0.1) is 0 Å². The minimum absolute atomic E-state index is 0.00237. The van der Waals surface area contributed by atoms with Gasteiger partial charge < -0.3 is 9.67 Å². The fraction of sp³-hybridized carbons (Fsp3) is 0.250. The van der Waals surface area contributed by atoms with Crippen molar-refractivity contribution in [2.24, 2.45) is 7.05 Å². The zero-order chi connectivity index (χ0) is 13.3. The highest BCUT2D eigenvalue weighted by Crippen LogP contribution is 2.04. The van der Waals surface area contributed by atoms with Crippen LogP contribution in [0.15, 0.2) is 29.2 Å². The largest absolute Gasteiger partial charge is 0.478 e. The van der Waals surface area contributed by atoms with E-state index in [2.05, 4.69) is 5.10 Å². The van der Waals surface area contributed by atoms with E-state index in [4.69, 9.17) is 5.11 Å². The summed E-state index contributed by atoms with van der Waals surface area (Å²) in [6, 6.07) is 4.41. The number of aromatic carboxylic acids is 1. The first-order chi connectivity index (χ1) is 8.47. The molecule has 0 saturated heterocycles. The molecule has 0 aliphatic rings. The van der Waals surface area contributed by atoms with Crippen molar-refractivity contribution in [2.75, 3.05) is 0 Å². The molecule has 1 N–H and O–H groups in total. The number of pyridine rings is 1. The molecule has 94 valence electrons. The second-order valence-electron chi connectivity index (χ2n) is 4.09. The average molecular weight is 247 g/mol. The summed E-state index contributed by atoms with van der Waals surface area (Å²) in [6.07, 6.45) is 1.48. The van der Waals surface area contributed by atoms with Crippen LogP contribution in [0, 0.1) is 6.92 Å². The summed E-state index contributed by atoms with van der Waals surface area (Å²) in [6.45, 7) is 2.25. The fourth-order valence-corrected chi connectivity index (χ4v) is 1.76. The quantitative estimate of drug-likeness (QED) is 0.863. The van der Waals surface area contributed by atoms with Crippen LogP contribution in [-0.2, 0) is 13.6 Å². The Labute approximate surface area is 103 Å². The summed E-state index contributed by atoms with van der Waals surface area (Å²) in [7, 11) is 1.80. The highest BCUT2D eigenvalue weighted by molar-refractivity contribution is 5.87. The molecule has 6 nitrogen and oxygen atoms in total. The van der Waals surface area contributed by atoms with E-state index < -0.39 is 5.97 Å². The molecule has 6 heteroatoms. The lowest BCUT2D eigenvalue weighted by Crippen LogP contribution is -2.21. The first kappa shape index (κ1) is 12.1. The third-order valence-electron chi connectivity index (χ3n) is 2.67. The van der Waals surface area contributed by atoms with Crippen molar-refractivity contribution in [1.29, 1.82) is 0 Å². The lowest BCUT2D eigenvalue weighted by atomic mass is 10.2. The van der Waals surface area contributed by atoms with Gasteiger partial charge in [0.2, 0.25) is 0 Å². The Hall–Kier alpha value is -2.37. The van der Waals surface area contributed by atoms with E-state index in [-0.39, 0.29) is 11.1 Å². The minimum Gasteiger partial charge on any atom is -0.478 e. The molecule has 0 bridgehead atoms. The Balaban J connectivity index is 2.33. The molecule has 2 aromatic heterocycles. The summed E-state index contributed by atoms with van der Waals surface area (Å²) in [4.78, 5) is 22.5. The molecular weight excluding hydrogens is 234 g/mol. The van der Waals surface area contributed by atoms with E-state index >= 15 is 0 Å². The van der Waals surface area contributed by atoms with Gasteiger partial charge in [0.25, 0.3) is 5.56 Å². The molecule has 2 aromatic rings. The third-order valence-corrected chi connectivity index (χ3v) is 2.67. The zero-order valence-corrected chi connectivity index (χ0v) is 10.1. The molecule has 2 rings (SSSR count). The van der Waals surface area contributed by atoms with E-state index in [1.54, 1.807) is 11.7 Å². The Morgan fingerprint density at radius 3 is 2.67 bits per heavy atom. The maximum Gasteiger partial charge on any atom is 0.335 e. The number of rotatable bonds is 3. The molecular formula is C12H13N3O3. The van der Waals surface area contributed by atoms with Gasteiger partial charge in [-0.2, -0.15) is 5.10 Å². The summed E-state index contributed by atoms with van der Waals surface area (Å²) < 4.78 is 3.15. The Morgan fingerprint density at radius 2 is 2.17 bits per heavy atom. The smallest absolute Gasteiger partial charge is 0.335 e. The van der Waals surface area contributed by atoms with E-state index in [0.717, 1.165) is 17.5 Å². The van der Waals surface area contributed by atoms with Gasteiger partial charge in [-0.05, 0) is 19.1 Å². The number of hydrogen-bond acceptors (Lipinski definition) is 3. The van der Waals surface area contributed by atoms with Crippen molar-refractivity contribution in [2.45, 2.75) is 13.5 Å². The molecule has 0 aliphatic carbocycles. The van der Waals surface area contributed by atoms with Crippen molar-refractivity contribution in [3.8, 4) is 0 Å². The van der Waals surface area contributed by atoms with Crippen LogP contribution >= 0.6 is 0 Å². The monoisotopic (exact) mass is 247 g/mol. The van der Waals surface area contributed by atoms with E-state index in [0.29, 0.717) is 6.54 Å². The topological polar surface area (TPSA) is 77.1 Å². The zero-order valence-electron chi connectivity index (χ0n) is 10.1. The Morgan fingerprint density at radius 1 is 1.44 bits per heavy atom. The van der Waals surface area contributed by atoms with Gasteiger partial charge in [-0.3, -0.25) is 9.48 Å². The van der Waals surface area contributed by atoms with Crippen LogP contribution in [0.4, 0.5) is 0 Å². The molecule has 0 radical (unpaired) electrons. The van der Waals surface area contributed by atoms with Crippen LogP contribution in [0.3, 0.4) is 0 Å². The number of nitrogens with zero attached hydrogens (tertiary/aromatic N) is 3. The van der Waals surface area contributed by atoms with Gasteiger partial charge in [0, 0.05) is 19.3 Å². The van der Waals surface area contributed by atoms with Crippen LogP contribution in [-0.4, -0.2) is 25.4 Å². The first-order valence-corrected chi connectivity index (χ1v) is 5.40. The molecule has 0 aromatic carbocycles. The molecule has 0 unspecified atom stereocenters. The maximum absolute atomic E-state index is 11.7. The van der Waals surface area contributed by atoms with Gasteiger partial charge in [0.1, 0.15) is 0 Å². The minimum atomic E-state index is -1.10. The van der Waals surface area contributed by atoms with Gasteiger partial charge in [-0.25, -0.2) is 4.79 Å². The van der Waals surface area contributed by atoms with Crippen LogP contribution in [0.1, 0.15) is 21.7 Å². The number of hydrogen-bond donors (Lipinski definition) is 1. The van der Waals surface area contributed by atoms with Gasteiger partial charge in [0.15, 0.2) is 0 Å². The molecule has 2 heterocycles. The molecule has 0 saturated carbocycles. The van der Waals surface area contributed by atoms with E-state index in [1.165, 1.54) is 16.8 Å². The van der Waals surface area contributed by atoms with Crippen molar-refractivity contribution < 1.29 is 9.90 Å². The lowest BCUT2D eigenvalue weighted by molar-refractivity contribution is 0.0696. The average Bonchev–Trinajstić information content (AvgIpc) is 2.60. The van der Waals surface area contributed by atoms with Crippen molar-refractivity contribution in [3.63, 3.8) is 0 Å². The van der Waals surface area contributed by atoms with Crippen LogP contribution in [0.25, 0.3) is 0 Å². The molecule has 0 spiro atoms. The van der Waals surface area contributed by atoms with Gasteiger partial charge in [-0.1, -0.05) is 0 Å². The molecule has 0 fully saturated rings. The summed E-state index contributed by atoms with van der Waals surface area (Å²) in [5.74, 6) is -1.10. The highest BCUT2D eigenvalue weighted by atomic mass is 16.4. The highest BCUT2D eigenvalue weighted by Gasteiger charge is 2.07. The molecule has 0 amide bonds. The van der Waals surface area contributed by atoms with Crippen molar-refractivity contribution in [1.82, 2.24) is 14.3 Å². The number of aromatic nitrogens is 3. The molecule has 0 aliphatic heterocycles. The fourth-order valence-electron chi connectivity index (χ4n) is 1.76. The van der Waals surface area contributed by atoms with E-state index in [1.807, 2.05) is 13.0 Å². The maximum atomic E-state index is 11.7. The van der Waals surface area contributed by atoms with Gasteiger partial charge in [0.05, 0.1) is 23.5 Å². The number of carboxylic acids is 1. The predicted octanol–water partition coefficient (Wildman–Crippen LogP) is 0.637. The number of carbonyl (C=O) groups is 1. The van der Waals surface area contributed by atoms with Crippen molar-refractivity contribution >= 4 is 5.97 Å². The van der Waals surface area contributed by atoms with Crippen LogP contribution in [0.2, 0.25) is 0 Å². The second-order valence-corrected chi connectivity index (χ2v) is 4.09. The number of aryl methyl sites for hydroxylation is 2. The summed E-state index contributed by atoms with van der Waals surface area (Å²) in [5.41, 5.74) is 1.42.